The Labute approximate surface area is 62.8 Å². The van der Waals surface area contributed by atoms with Crippen molar-refractivity contribution in [1.29, 1.82) is 0 Å². The lowest BCUT2D eigenvalue weighted by atomic mass is 9.67. The topological polar surface area (TPSA) is 9.23 Å². The van der Waals surface area contributed by atoms with Crippen LogP contribution in [0.5, 0.6) is 0 Å². The van der Waals surface area contributed by atoms with Crippen LogP contribution < -0.4 is 0 Å². The number of rotatable bonds is 0. The molecule has 1 heterocycles. The molecular weight excluding hydrogens is 124 g/mol. The third-order valence-corrected chi connectivity index (χ3v) is 3.28. The van der Waals surface area contributed by atoms with Crippen LogP contribution in [0.2, 0.25) is 0 Å². The van der Waals surface area contributed by atoms with Crippen LogP contribution in [-0.2, 0) is 4.74 Å². The van der Waals surface area contributed by atoms with Gasteiger partial charge in [0, 0.05) is 6.61 Å². The van der Waals surface area contributed by atoms with Gasteiger partial charge in [-0.3, -0.25) is 0 Å². The fraction of sp³-hybridized carbons (Fsp3) is 1.00. The molecule has 1 spiro atoms. The first-order valence-electron chi connectivity index (χ1n) is 4.47. The van der Waals surface area contributed by atoms with Crippen LogP contribution in [-0.4, -0.2) is 12.2 Å². The third-order valence-electron chi connectivity index (χ3n) is 3.28. The summed E-state index contributed by atoms with van der Waals surface area (Å²) >= 11 is 0. The molecule has 1 aliphatic heterocycles. The Morgan fingerprint density at radius 1 is 1.30 bits per heavy atom. The maximum atomic E-state index is 5.81. The van der Waals surface area contributed by atoms with E-state index in [-0.39, 0.29) is 0 Å². The van der Waals surface area contributed by atoms with Gasteiger partial charge in [-0.15, -0.1) is 0 Å². The summed E-state index contributed by atoms with van der Waals surface area (Å²) in [4.78, 5) is 0. The molecule has 0 aromatic rings. The first-order chi connectivity index (χ1) is 4.83. The average molecular weight is 140 g/mol. The minimum Gasteiger partial charge on any atom is -0.375 e. The highest BCUT2D eigenvalue weighted by atomic mass is 16.5. The van der Waals surface area contributed by atoms with Gasteiger partial charge in [0.25, 0.3) is 0 Å². The zero-order valence-electron chi connectivity index (χ0n) is 6.73. The van der Waals surface area contributed by atoms with Crippen molar-refractivity contribution in [3.8, 4) is 0 Å². The second-order valence-electron chi connectivity index (χ2n) is 3.81. The first kappa shape index (κ1) is 6.66. The predicted molar refractivity (Wildman–Crippen MR) is 40.9 cm³/mol. The Morgan fingerprint density at radius 2 is 2.20 bits per heavy atom. The maximum Gasteiger partial charge on any atom is 0.0708 e. The van der Waals surface area contributed by atoms with Crippen molar-refractivity contribution in [1.82, 2.24) is 0 Å². The summed E-state index contributed by atoms with van der Waals surface area (Å²) in [6.45, 7) is 3.35. The van der Waals surface area contributed by atoms with E-state index >= 15 is 0 Å². The summed E-state index contributed by atoms with van der Waals surface area (Å²) in [6.07, 6.45) is 6.72. The van der Waals surface area contributed by atoms with Crippen molar-refractivity contribution in [2.45, 2.75) is 44.6 Å². The summed E-state index contributed by atoms with van der Waals surface area (Å²) in [5.41, 5.74) is 0.359. The van der Waals surface area contributed by atoms with Gasteiger partial charge in [-0.25, -0.2) is 0 Å². The molecule has 0 aromatic carbocycles. The van der Waals surface area contributed by atoms with Gasteiger partial charge >= 0.3 is 0 Å². The van der Waals surface area contributed by atoms with Gasteiger partial charge in [0.2, 0.25) is 0 Å². The van der Waals surface area contributed by atoms with E-state index < -0.39 is 0 Å². The highest BCUT2D eigenvalue weighted by Gasteiger charge is 2.45. The van der Waals surface area contributed by atoms with Gasteiger partial charge in [-0.2, -0.15) is 0 Å². The minimum atomic E-state index is 0.359. The van der Waals surface area contributed by atoms with Crippen LogP contribution in [0.25, 0.3) is 0 Å². The molecule has 0 aromatic heterocycles. The zero-order chi connectivity index (χ0) is 7.03. The number of hydrogen-bond acceptors (Lipinski definition) is 1. The standard InChI is InChI=1S/C9H16O/c1-8-4-6-9(8)5-2-3-7-10-9/h8H,2-7H2,1H3/t8-,9?/m1/s1. The Bertz CT molecular complexity index is 125. The van der Waals surface area contributed by atoms with Crippen molar-refractivity contribution >= 4 is 0 Å². The lowest BCUT2D eigenvalue weighted by Gasteiger charge is -2.50. The minimum absolute atomic E-state index is 0.359. The molecule has 1 nitrogen and oxygen atoms in total. The summed E-state index contributed by atoms with van der Waals surface area (Å²) < 4.78 is 5.81. The van der Waals surface area contributed by atoms with E-state index in [0.717, 1.165) is 12.5 Å². The monoisotopic (exact) mass is 140 g/mol. The zero-order valence-corrected chi connectivity index (χ0v) is 6.73. The largest absolute Gasteiger partial charge is 0.375 e. The summed E-state index contributed by atoms with van der Waals surface area (Å²) in [7, 11) is 0. The van der Waals surface area contributed by atoms with E-state index in [1.165, 1.54) is 32.1 Å². The quantitative estimate of drug-likeness (QED) is 0.502. The molecule has 2 aliphatic rings. The van der Waals surface area contributed by atoms with Crippen LogP contribution in [0.4, 0.5) is 0 Å². The fourth-order valence-corrected chi connectivity index (χ4v) is 2.21. The molecule has 0 bridgehead atoms. The van der Waals surface area contributed by atoms with Gasteiger partial charge in [0.05, 0.1) is 5.60 Å². The second-order valence-corrected chi connectivity index (χ2v) is 3.81. The van der Waals surface area contributed by atoms with Crippen molar-refractivity contribution in [2.24, 2.45) is 5.92 Å². The maximum absolute atomic E-state index is 5.81. The molecule has 58 valence electrons. The fourth-order valence-electron chi connectivity index (χ4n) is 2.21. The van der Waals surface area contributed by atoms with Gasteiger partial charge in [0.15, 0.2) is 0 Å². The Morgan fingerprint density at radius 3 is 2.50 bits per heavy atom. The van der Waals surface area contributed by atoms with E-state index in [1.807, 2.05) is 0 Å². The Hall–Kier alpha value is -0.0400. The van der Waals surface area contributed by atoms with Gasteiger partial charge < -0.3 is 4.74 Å². The van der Waals surface area contributed by atoms with E-state index in [2.05, 4.69) is 6.92 Å². The normalized spacial score (nSPS) is 47.1. The molecule has 0 radical (unpaired) electrons. The van der Waals surface area contributed by atoms with Crippen LogP contribution in [0.3, 0.4) is 0 Å². The molecule has 1 saturated carbocycles. The molecule has 1 aliphatic carbocycles. The molecule has 0 N–H and O–H groups in total. The van der Waals surface area contributed by atoms with Crippen LogP contribution >= 0.6 is 0 Å². The van der Waals surface area contributed by atoms with Crippen molar-refractivity contribution in [2.75, 3.05) is 6.61 Å². The lowest BCUT2D eigenvalue weighted by molar-refractivity contribution is -0.164. The Balaban J connectivity index is 1.99. The summed E-state index contributed by atoms with van der Waals surface area (Å²) in [5, 5.41) is 0. The van der Waals surface area contributed by atoms with E-state index in [4.69, 9.17) is 4.74 Å². The van der Waals surface area contributed by atoms with Crippen LogP contribution in [0.15, 0.2) is 0 Å². The first-order valence-corrected chi connectivity index (χ1v) is 4.47. The van der Waals surface area contributed by atoms with E-state index in [1.54, 1.807) is 0 Å². The molecule has 0 amide bonds. The molecule has 2 fully saturated rings. The smallest absolute Gasteiger partial charge is 0.0708 e. The highest BCUT2D eigenvalue weighted by molar-refractivity contribution is 4.96. The van der Waals surface area contributed by atoms with Gasteiger partial charge in [-0.1, -0.05) is 6.92 Å². The molecule has 1 unspecified atom stereocenters. The Kier molecular flexibility index (Phi) is 1.48. The van der Waals surface area contributed by atoms with Crippen molar-refractivity contribution in [3.63, 3.8) is 0 Å². The van der Waals surface area contributed by atoms with Crippen molar-refractivity contribution in [3.05, 3.63) is 0 Å². The average Bonchev–Trinajstić information content (AvgIpc) is 2.04. The number of hydrogen-bond donors (Lipinski definition) is 0. The summed E-state index contributed by atoms with van der Waals surface area (Å²) in [5.74, 6) is 0.841. The van der Waals surface area contributed by atoms with Gasteiger partial charge in [0.1, 0.15) is 0 Å². The predicted octanol–water partition coefficient (Wildman–Crippen LogP) is 2.36. The molecule has 2 atom stereocenters. The summed E-state index contributed by atoms with van der Waals surface area (Å²) in [6, 6.07) is 0. The molecule has 2 rings (SSSR count). The van der Waals surface area contributed by atoms with Crippen LogP contribution in [0.1, 0.15) is 39.0 Å². The second kappa shape index (κ2) is 2.23. The molecule has 1 saturated heterocycles. The molecule has 10 heavy (non-hydrogen) atoms. The molecule has 1 heteroatoms. The van der Waals surface area contributed by atoms with E-state index in [0.29, 0.717) is 5.60 Å². The van der Waals surface area contributed by atoms with Crippen molar-refractivity contribution < 1.29 is 4.74 Å². The SMILES string of the molecule is C[C@@H]1CCC12CCCCO2. The van der Waals surface area contributed by atoms with E-state index in [9.17, 15) is 0 Å². The highest BCUT2D eigenvalue weighted by Crippen LogP contribution is 2.46. The third kappa shape index (κ3) is 0.800. The lowest BCUT2D eigenvalue weighted by Crippen LogP contribution is -2.49. The number of ether oxygens (including phenoxy) is 1. The van der Waals surface area contributed by atoms with Crippen LogP contribution in [0, 0.1) is 5.92 Å². The van der Waals surface area contributed by atoms with Gasteiger partial charge in [-0.05, 0) is 38.0 Å². The molecular formula is C9H16O.